The van der Waals surface area contributed by atoms with E-state index in [1.165, 1.54) is 26.7 Å². The van der Waals surface area contributed by atoms with Crippen LogP contribution in [0.15, 0.2) is 91.1 Å². The Hall–Kier alpha value is -3.31. The molecule has 6 rings (SSSR count). The zero-order valence-corrected chi connectivity index (χ0v) is 22.0. The number of para-hydroxylation sites is 1. The standard InChI is InChI=1S/C30H23Cl2N3S/c1-19-6-13-27-29(14-19)36-30(34-27)20-8-11-24(12-9-20)33-16-22-18-35(28-5-3-2-4-25(22)28)17-21-7-10-23(31)15-26(21)32/h2-15,18,33H,16-17H2,1H3. The topological polar surface area (TPSA) is 29.9 Å². The van der Waals surface area contributed by atoms with Crippen molar-refractivity contribution in [1.82, 2.24) is 9.55 Å². The van der Waals surface area contributed by atoms with E-state index in [-0.39, 0.29) is 0 Å². The second-order valence-corrected chi connectivity index (χ2v) is 10.8. The second kappa shape index (κ2) is 9.62. The average Bonchev–Trinajstić information content (AvgIpc) is 3.46. The molecule has 0 bridgehead atoms. The molecule has 4 aromatic carbocycles. The zero-order chi connectivity index (χ0) is 24.6. The molecule has 178 valence electrons. The number of aryl methyl sites for hydroxylation is 1. The van der Waals surface area contributed by atoms with E-state index < -0.39 is 0 Å². The molecule has 36 heavy (non-hydrogen) atoms. The molecule has 2 heterocycles. The highest BCUT2D eigenvalue weighted by molar-refractivity contribution is 7.21. The molecule has 2 aromatic heterocycles. The Kier molecular flexibility index (Phi) is 6.18. The molecule has 0 radical (unpaired) electrons. The number of thiazole rings is 1. The fraction of sp³-hybridized carbons (Fsp3) is 0.100. The minimum Gasteiger partial charge on any atom is -0.381 e. The summed E-state index contributed by atoms with van der Waals surface area (Å²) in [4.78, 5) is 4.81. The minimum absolute atomic E-state index is 0.648. The number of aromatic nitrogens is 2. The lowest BCUT2D eigenvalue weighted by atomic mass is 10.1. The van der Waals surface area contributed by atoms with Gasteiger partial charge in [0, 0.05) is 51.5 Å². The lowest BCUT2D eigenvalue weighted by molar-refractivity contribution is 0.831. The molecule has 0 saturated heterocycles. The SMILES string of the molecule is Cc1ccc2nc(-c3ccc(NCc4cn(Cc5ccc(Cl)cc5Cl)c5ccccc45)cc3)sc2c1. The summed E-state index contributed by atoms with van der Waals surface area (Å²) in [6.07, 6.45) is 2.21. The van der Waals surface area contributed by atoms with E-state index >= 15 is 0 Å². The summed E-state index contributed by atoms with van der Waals surface area (Å²) in [7, 11) is 0. The van der Waals surface area contributed by atoms with Crippen LogP contribution in [0.2, 0.25) is 10.0 Å². The van der Waals surface area contributed by atoms with Gasteiger partial charge in [0.05, 0.1) is 10.2 Å². The van der Waals surface area contributed by atoms with Crippen molar-refractivity contribution in [2.45, 2.75) is 20.0 Å². The summed E-state index contributed by atoms with van der Waals surface area (Å²) in [5.41, 5.74) is 7.99. The maximum absolute atomic E-state index is 6.45. The molecule has 0 aliphatic heterocycles. The van der Waals surface area contributed by atoms with Crippen LogP contribution < -0.4 is 5.32 Å². The van der Waals surface area contributed by atoms with Crippen LogP contribution in [0.4, 0.5) is 5.69 Å². The molecular weight excluding hydrogens is 505 g/mol. The van der Waals surface area contributed by atoms with Gasteiger partial charge < -0.3 is 9.88 Å². The summed E-state index contributed by atoms with van der Waals surface area (Å²) in [5.74, 6) is 0. The van der Waals surface area contributed by atoms with E-state index in [0.717, 1.165) is 33.9 Å². The average molecular weight is 529 g/mol. The molecule has 0 amide bonds. The third-order valence-electron chi connectivity index (χ3n) is 6.39. The summed E-state index contributed by atoms with van der Waals surface area (Å²) in [6.45, 7) is 3.53. The van der Waals surface area contributed by atoms with Gasteiger partial charge in [0.15, 0.2) is 0 Å². The van der Waals surface area contributed by atoms with Crippen LogP contribution in [0.1, 0.15) is 16.7 Å². The number of nitrogens with zero attached hydrogens (tertiary/aromatic N) is 2. The highest BCUT2D eigenvalue weighted by Gasteiger charge is 2.11. The smallest absolute Gasteiger partial charge is 0.124 e. The van der Waals surface area contributed by atoms with Crippen LogP contribution in [0.25, 0.3) is 31.7 Å². The van der Waals surface area contributed by atoms with Gasteiger partial charge in [-0.05, 0) is 78.2 Å². The van der Waals surface area contributed by atoms with Crippen molar-refractivity contribution < 1.29 is 0 Å². The van der Waals surface area contributed by atoms with Gasteiger partial charge in [0.25, 0.3) is 0 Å². The van der Waals surface area contributed by atoms with Crippen molar-refractivity contribution in [3.05, 3.63) is 118 Å². The molecule has 0 atom stereocenters. The lowest BCUT2D eigenvalue weighted by Gasteiger charge is -2.08. The van der Waals surface area contributed by atoms with Gasteiger partial charge in [-0.15, -0.1) is 11.3 Å². The third-order valence-corrected chi connectivity index (χ3v) is 8.04. The molecule has 0 aliphatic rings. The molecule has 0 unspecified atom stereocenters. The highest BCUT2D eigenvalue weighted by atomic mass is 35.5. The molecule has 1 N–H and O–H groups in total. The van der Waals surface area contributed by atoms with Gasteiger partial charge in [-0.1, -0.05) is 53.5 Å². The highest BCUT2D eigenvalue weighted by Crippen LogP contribution is 2.32. The predicted molar refractivity (Wildman–Crippen MR) is 155 cm³/mol. The maximum Gasteiger partial charge on any atom is 0.124 e. The first-order valence-corrected chi connectivity index (χ1v) is 13.3. The fourth-order valence-corrected chi connectivity index (χ4v) is 6.05. The van der Waals surface area contributed by atoms with Crippen LogP contribution in [-0.2, 0) is 13.1 Å². The Morgan fingerprint density at radius 2 is 1.72 bits per heavy atom. The van der Waals surface area contributed by atoms with Gasteiger partial charge in [-0.3, -0.25) is 0 Å². The number of benzene rings is 4. The van der Waals surface area contributed by atoms with Crippen molar-refractivity contribution in [2.24, 2.45) is 0 Å². The predicted octanol–water partition coefficient (Wildman–Crippen LogP) is 9.19. The third kappa shape index (κ3) is 4.60. The Balaban J connectivity index is 1.21. The Morgan fingerprint density at radius 3 is 2.56 bits per heavy atom. The van der Waals surface area contributed by atoms with E-state index in [2.05, 4.69) is 89.7 Å². The van der Waals surface area contributed by atoms with E-state index in [0.29, 0.717) is 16.6 Å². The fourth-order valence-electron chi connectivity index (χ4n) is 4.51. The van der Waals surface area contributed by atoms with Crippen molar-refractivity contribution in [3.8, 4) is 10.6 Å². The van der Waals surface area contributed by atoms with Crippen LogP contribution in [-0.4, -0.2) is 9.55 Å². The molecule has 0 fully saturated rings. The van der Waals surface area contributed by atoms with E-state index in [9.17, 15) is 0 Å². The number of halogens is 2. The Morgan fingerprint density at radius 1 is 0.889 bits per heavy atom. The van der Waals surface area contributed by atoms with Crippen molar-refractivity contribution in [1.29, 1.82) is 0 Å². The molecule has 0 saturated carbocycles. The molecule has 0 aliphatic carbocycles. The molecule has 6 aromatic rings. The number of anilines is 1. The van der Waals surface area contributed by atoms with Crippen LogP contribution >= 0.6 is 34.5 Å². The first-order valence-electron chi connectivity index (χ1n) is 11.8. The summed E-state index contributed by atoms with van der Waals surface area (Å²) in [5, 5.41) is 7.20. The van der Waals surface area contributed by atoms with Gasteiger partial charge in [-0.25, -0.2) is 4.98 Å². The molecule has 3 nitrogen and oxygen atoms in total. The summed E-state index contributed by atoms with van der Waals surface area (Å²) in [6, 6.07) is 29.1. The lowest BCUT2D eigenvalue weighted by Crippen LogP contribution is -2.00. The van der Waals surface area contributed by atoms with Gasteiger partial charge in [0.2, 0.25) is 0 Å². The minimum atomic E-state index is 0.648. The first-order chi connectivity index (χ1) is 17.5. The normalized spacial score (nSPS) is 11.4. The quantitative estimate of drug-likeness (QED) is 0.234. The van der Waals surface area contributed by atoms with Gasteiger partial charge >= 0.3 is 0 Å². The number of rotatable bonds is 6. The van der Waals surface area contributed by atoms with Crippen LogP contribution in [0.3, 0.4) is 0 Å². The maximum atomic E-state index is 6.45. The van der Waals surface area contributed by atoms with Crippen molar-refractivity contribution in [2.75, 3.05) is 5.32 Å². The summed E-state index contributed by atoms with van der Waals surface area (Å²) >= 11 is 14.3. The van der Waals surface area contributed by atoms with Crippen LogP contribution in [0, 0.1) is 6.92 Å². The zero-order valence-electron chi connectivity index (χ0n) is 19.6. The molecular formula is C30H23Cl2N3S. The largest absolute Gasteiger partial charge is 0.381 e. The monoisotopic (exact) mass is 527 g/mol. The number of fused-ring (bicyclic) bond motifs is 2. The van der Waals surface area contributed by atoms with E-state index in [1.54, 1.807) is 17.4 Å². The molecule has 6 heteroatoms. The van der Waals surface area contributed by atoms with Crippen molar-refractivity contribution >= 4 is 61.3 Å². The summed E-state index contributed by atoms with van der Waals surface area (Å²) < 4.78 is 3.47. The Labute approximate surface area is 223 Å². The molecule has 0 spiro atoms. The first kappa shape index (κ1) is 23.1. The van der Waals surface area contributed by atoms with Crippen LogP contribution in [0.5, 0.6) is 0 Å². The number of hydrogen-bond donors (Lipinski definition) is 1. The van der Waals surface area contributed by atoms with Gasteiger partial charge in [-0.2, -0.15) is 0 Å². The second-order valence-electron chi connectivity index (χ2n) is 8.96. The number of hydrogen-bond acceptors (Lipinski definition) is 3. The van der Waals surface area contributed by atoms with Gasteiger partial charge in [0.1, 0.15) is 5.01 Å². The Bertz CT molecular complexity index is 1700. The van der Waals surface area contributed by atoms with E-state index in [4.69, 9.17) is 28.2 Å². The van der Waals surface area contributed by atoms with Crippen molar-refractivity contribution in [3.63, 3.8) is 0 Å². The van der Waals surface area contributed by atoms with E-state index in [1.807, 2.05) is 12.1 Å². The number of nitrogens with one attached hydrogen (secondary N) is 1.